The van der Waals surface area contributed by atoms with Gasteiger partial charge in [-0.25, -0.2) is 4.39 Å². The van der Waals surface area contributed by atoms with Crippen LogP contribution in [0.1, 0.15) is 37.1 Å². The molecule has 2 aromatic carbocycles. The number of hydrogen-bond acceptors (Lipinski definition) is 7. The van der Waals surface area contributed by atoms with Gasteiger partial charge in [0.25, 0.3) is 0 Å². The van der Waals surface area contributed by atoms with E-state index in [0.717, 1.165) is 24.9 Å². The molecule has 0 saturated carbocycles. The summed E-state index contributed by atoms with van der Waals surface area (Å²) in [5, 5.41) is 7.07. The van der Waals surface area contributed by atoms with Crippen molar-refractivity contribution in [1.82, 2.24) is 20.4 Å². The van der Waals surface area contributed by atoms with Gasteiger partial charge < -0.3 is 19.3 Å². The maximum atomic E-state index is 13.2. The average molecular weight is 469 g/mol. The maximum absolute atomic E-state index is 13.2. The first-order valence-electron chi connectivity index (χ1n) is 11.3. The van der Waals surface area contributed by atoms with Crippen molar-refractivity contribution in [3.05, 3.63) is 59.7 Å². The molecule has 180 valence electrons. The monoisotopic (exact) mass is 468 g/mol. The van der Waals surface area contributed by atoms with Gasteiger partial charge in [0.2, 0.25) is 17.6 Å². The van der Waals surface area contributed by atoms with Gasteiger partial charge in [-0.05, 0) is 68.3 Å². The number of nitrogens with one attached hydrogen (secondary N) is 1. The van der Waals surface area contributed by atoms with Gasteiger partial charge in [-0.3, -0.25) is 9.69 Å². The molecule has 0 bridgehead atoms. The van der Waals surface area contributed by atoms with Crippen molar-refractivity contribution in [1.29, 1.82) is 0 Å². The standard InChI is InChI=1S/C25H29FN4O4/c1-16(24(31)27-14-17-6-11-21(32-2)22(13-17)33-3)30-12-4-5-19(15-30)25-28-23(29-34-25)18-7-9-20(26)10-8-18/h6-11,13,16,19H,4-5,12,14-15H2,1-3H3,(H,27,31). The SMILES string of the molecule is COc1ccc(CNC(=O)C(C)N2CCCC(c3nc(-c4ccc(F)cc4)no3)C2)cc1OC. The summed E-state index contributed by atoms with van der Waals surface area (Å²) in [6.45, 7) is 3.77. The smallest absolute Gasteiger partial charge is 0.237 e. The largest absolute Gasteiger partial charge is 0.493 e. The minimum atomic E-state index is -0.311. The number of ether oxygens (including phenoxy) is 2. The highest BCUT2D eigenvalue weighted by molar-refractivity contribution is 5.81. The van der Waals surface area contributed by atoms with E-state index in [-0.39, 0.29) is 23.7 Å². The van der Waals surface area contributed by atoms with E-state index in [2.05, 4.69) is 20.4 Å². The Labute approximate surface area is 198 Å². The van der Waals surface area contributed by atoms with Crippen molar-refractivity contribution in [2.75, 3.05) is 27.3 Å². The molecular formula is C25H29FN4O4. The highest BCUT2D eigenvalue weighted by Crippen LogP contribution is 2.29. The lowest BCUT2D eigenvalue weighted by molar-refractivity contribution is -0.126. The average Bonchev–Trinajstić information content (AvgIpc) is 3.37. The topological polar surface area (TPSA) is 89.7 Å². The third kappa shape index (κ3) is 5.36. The van der Waals surface area contributed by atoms with Crippen LogP contribution in [0.25, 0.3) is 11.4 Å². The van der Waals surface area contributed by atoms with Crippen LogP contribution in [0.5, 0.6) is 11.5 Å². The Balaban J connectivity index is 1.35. The number of carbonyl (C=O) groups is 1. The zero-order chi connectivity index (χ0) is 24.1. The van der Waals surface area contributed by atoms with E-state index in [1.54, 1.807) is 26.4 Å². The summed E-state index contributed by atoms with van der Waals surface area (Å²) in [5.41, 5.74) is 1.63. The van der Waals surface area contributed by atoms with Crippen LogP contribution in [0.3, 0.4) is 0 Å². The number of likely N-dealkylation sites (tertiary alicyclic amines) is 1. The fourth-order valence-corrected chi connectivity index (χ4v) is 4.17. The zero-order valence-electron chi connectivity index (χ0n) is 19.6. The zero-order valence-corrected chi connectivity index (χ0v) is 19.6. The van der Waals surface area contributed by atoms with Crippen molar-refractivity contribution in [2.45, 2.75) is 38.3 Å². The Morgan fingerprint density at radius 3 is 2.71 bits per heavy atom. The summed E-state index contributed by atoms with van der Waals surface area (Å²) in [5.74, 6) is 1.93. The number of halogens is 1. The van der Waals surface area contributed by atoms with Crippen molar-refractivity contribution < 1.29 is 23.2 Å². The van der Waals surface area contributed by atoms with E-state index < -0.39 is 0 Å². The van der Waals surface area contributed by atoms with Crippen LogP contribution < -0.4 is 14.8 Å². The van der Waals surface area contributed by atoms with E-state index in [4.69, 9.17) is 14.0 Å². The number of aromatic nitrogens is 2. The molecular weight excluding hydrogens is 439 g/mol. The normalized spacial score (nSPS) is 17.2. The molecule has 8 nitrogen and oxygen atoms in total. The molecule has 1 aliphatic rings. The highest BCUT2D eigenvalue weighted by Gasteiger charge is 2.31. The van der Waals surface area contributed by atoms with Crippen molar-refractivity contribution >= 4 is 5.91 Å². The number of piperidine rings is 1. The molecule has 9 heteroatoms. The molecule has 2 unspecified atom stereocenters. The lowest BCUT2D eigenvalue weighted by Crippen LogP contribution is -2.48. The molecule has 1 aromatic heterocycles. The number of nitrogens with zero attached hydrogens (tertiary/aromatic N) is 3. The van der Waals surface area contributed by atoms with Gasteiger partial charge in [0.15, 0.2) is 11.5 Å². The van der Waals surface area contributed by atoms with Crippen LogP contribution >= 0.6 is 0 Å². The van der Waals surface area contributed by atoms with Crippen LogP contribution in [-0.2, 0) is 11.3 Å². The summed E-state index contributed by atoms with van der Waals surface area (Å²) in [7, 11) is 3.17. The van der Waals surface area contributed by atoms with Crippen LogP contribution in [-0.4, -0.2) is 54.3 Å². The molecule has 1 fully saturated rings. The van der Waals surface area contributed by atoms with Crippen LogP contribution in [0.4, 0.5) is 4.39 Å². The summed E-state index contributed by atoms with van der Waals surface area (Å²) in [6, 6.07) is 11.3. The van der Waals surface area contributed by atoms with Crippen LogP contribution in [0.15, 0.2) is 47.0 Å². The fraction of sp³-hybridized carbons (Fsp3) is 0.400. The predicted molar refractivity (Wildman–Crippen MR) is 124 cm³/mol. The van der Waals surface area contributed by atoms with E-state index >= 15 is 0 Å². The molecule has 1 N–H and O–H groups in total. The Morgan fingerprint density at radius 2 is 1.97 bits per heavy atom. The second kappa shape index (κ2) is 10.6. The molecule has 1 saturated heterocycles. The van der Waals surface area contributed by atoms with Gasteiger partial charge in [0.1, 0.15) is 5.82 Å². The van der Waals surface area contributed by atoms with Gasteiger partial charge in [0, 0.05) is 18.7 Å². The van der Waals surface area contributed by atoms with E-state index in [1.807, 2.05) is 25.1 Å². The summed E-state index contributed by atoms with van der Waals surface area (Å²) < 4.78 is 29.3. The Kier molecular flexibility index (Phi) is 7.42. The highest BCUT2D eigenvalue weighted by atomic mass is 19.1. The van der Waals surface area contributed by atoms with E-state index in [0.29, 0.717) is 41.9 Å². The number of rotatable bonds is 8. The minimum Gasteiger partial charge on any atom is -0.493 e. The Hall–Kier alpha value is -3.46. The minimum absolute atomic E-state index is 0.0385. The number of hydrogen-bond donors (Lipinski definition) is 1. The molecule has 0 radical (unpaired) electrons. The quantitative estimate of drug-likeness (QED) is 0.538. The molecule has 2 atom stereocenters. The molecule has 1 aliphatic heterocycles. The van der Waals surface area contributed by atoms with Crippen LogP contribution in [0.2, 0.25) is 0 Å². The third-order valence-corrected chi connectivity index (χ3v) is 6.19. The van der Waals surface area contributed by atoms with Crippen molar-refractivity contribution in [2.24, 2.45) is 0 Å². The van der Waals surface area contributed by atoms with Gasteiger partial charge >= 0.3 is 0 Å². The summed E-state index contributed by atoms with van der Waals surface area (Å²) in [6.07, 6.45) is 1.83. The first-order valence-corrected chi connectivity index (χ1v) is 11.3. The first kappa shape index (κ1) is 23.7. The molecule has 1 amide bonds. The maximum Gasteiger partial charge on any atom is 0.237 e. The lowest BCUT2D eigenvalue weighted by atomic mass is 9.96. The Morgan fingerprint density at radius 1 is 1.21 bits per heavy atom. The van der Waals surface area contributed by atoms with Crippen molar-refractivity contribution in [3.63, 3.8) is 0 Å². The summed E-state index contributed by atoms with van der Waals surface area (Å²) >= 11 is 0. The second-order valence-electron chi connectivity index (χ2n) is 8.38. The van der Waals surface area contributed by atoms with Crippen LogP contribution in [0, 0.1) is 5.82 Å². The second-order valence-corrected chi connectivity index (χ2v) is 8.38. The number of methoxy groups -OCH3 is 2. The summed E-state index contributed by atoms with van der Waals surface area (Å²) in [4.78, 5) is 19.5. The molecule has 4 rings (SSSR count). The number of amides is 1. The molecule has 0 aliphatic carbocycles. The fourth-order valence-electron chi connectivity index (χ4n) is 4.17. The van der Waals surface area contributed by atoms with Gasteiger partial charge in [0.05, 0.1) is 26.2 Å². The molecule has 2 heterocycles. The van der Waals surface area contributed by atoms with E-state index in [1.165, 1.54) is 12.1 Å². The molecule has 3 aromatic rings. The van der Waals surface area contributed by atoms with Gasteiger partial charge in [-0.15, -0.1) is 0 Å². The lowest BCUT2D eigenvalue weighted by Gasteiger charge is -2.34. The molecule has 0 spiro atoms. The van der Waals surface area contributed by atoms with E-state index in [9.17, 15) is 9.18 Å². The first-order chi connectivity index (χ1) is 16.5. The number of benzene rings is 2. The van der Waals surface area contributed by atoms with Gasteiger partial charge in [-0.1, -0.05) is 11.2 Å². The predicted octanol–water partition coefficient (Wildman–Crippen LogP) is 3.78. The van der Waals surface area contributed by atoms with Crippen molar-refractivity contribution in [3.8, 4) is 22.9 Å². The molecule has 34 heavy (non-hydrogen) atoms. The number of carbonyl (C=O) groups excluding carboxylic acids is 1. The Bertz CT molecular complexity index is 1120. The third-order valence-electron chi connectivity index (χ3n) is 6.19. The van der Waals surface area contributed by atoms with Gasteiger partial charge in [-0.2, -0.15) is 4.98 Å².